The summed E-state index contributed by atoms with van der Waals surface area (Å²) in [5.41, 5.74) is 6.15. The fourth-order valence-electron chi connectivity index (χ4n) is 1.99. The molecule has 0 saturated heterocycles. The quantitative estimate of drug-likeness (QED) is 0.788. The predicted molar refractivity (Wildman–Crippen MR) is 55.5 cm³/mol. The second-order valence-electron chi connectivity index (χ2n) is 4.41. The van der Waals surface area contributed by atoms with Crippen molar-refractivity contribution in [2.24, 2.45) is 17.6 Å². The number of hydrogen-bond donors (Lipinski definition) is 1. The molecule has 1 aliphatic carbocycles. The summed E-state index contributed by atoms with van der Waals surface area (Å²) in [4.78, 5) is 4.30. The normalized spacial score (nSPS) is 33.4. The van der Waals surface area contributed by atoms with Gasteiger partial charge in [0, 0.05) is 11.6 Å². The highest BCUT2D eigenvalue weighted by atomic mass is 32.1. The Morgan fingerprint density at radius 2 is 2.31 bits per heavy atom. The van der Waals surface area contributed by atoms with E-state index in [1.807, 2.05) is 11.6 Å². The first kappa shape index (κ1) is 9.16. The van der Waals surface area contributed by atoms with Gasteiger partial charge in [0.25, 0.3) is 0 Å². The van der Waals surface area contributed by atoms with Crippen LogP contribution in [-0.4, -0.2) is 4.98 Å². The van der Waals surface area contributed by atoms with Crippen molar-refractivity contribution in [1.82, 2.24) is 4.98 Å². The van der Waals surface area contributed by atoms with Crippen molar-refractivity contribution in [2.75, 3.05) is 0 Å². The van der Waals surface area contributed by atoms with Crippen LogP contribution in [0.15, 0.2) is 11.6 Å². The molecule has 0 aliphatic heterocycles. The Morgan fingerprint density at radius 1 is 1.62 bits per heavy atom. The molecule has 2 rings (SSSR count). The van der Waals surface area contributed by atoms with Crippen LogP contribution in [0.2, 0.25) is 0 Å². The van der Waals surface area contributed by atoms with Gasteiger partial charge in [0.1, 0.15) is 5.01 Å². The van der Waals surface area contributed by atoms with Crippen molar-refractivity contribution in [3.05, 3.63) is 16.6 Å². The monoisotopic (exact) mass is 196 g/mol. The van der Waals surface area contributed by atoms with Crippen LogP contribution in [0.4, 0.5) is 0 Å². The van der Waals surface area contributed by atoms with Gasteiger partial charge in [0.05, 0.1) is 5.54 Å². The summed E-state index contributed by atoms with van der Waals surface area (Å²) in [5, 5.41) is 3.12. The van der Waals surface area contributed by atoms with E-state index in [9.17, 15) is 0 Å². The second-order valence-corrected chi connectivity index (χ2v) is 5.30. The van der Waals surface area contributed by atoms with E-state index in [0.29, 0.717) is 0 Å². The Labute approximate surface area is 83.2 Å². The van der Waals surface area contributed by atoms with Crippen molar-refractivity contribution in [3.8, 4) is 0 Å². The van der Waals surface area contributed by atoms with Gasteiger partial charge in [-0.05, 0) is 24.7 Å². The number of rotatable bonds is 2. The molecule has 0 bridgehead atoms. The number of hydrogen-bond acceptors (Lipinski definition) is 3. The molecule has 0 radical (unpaired) electrons. The van der Waals surface area contributed by atoms with E-state index in [0.717, 1.165) is 29.7 Å². The van der Waals surface area contributed by atoms with Crippen molar-refractivity contribution in [3.63, 3.8) is 0 Å². The molecule has 2 N–H and O–H groups in total. The lowest BCUT2D eigenvalue weighted by molar-refractivity contribution is 0.104. The van der Waals surface area contributed by atoms with Crippen LogP contribution in [-0.2, 0) is 5.54 Å². The molecule has 0 aromatic carbocycles. The third-order valence-electron chi connectivity index (χ3n) is 3.05. The fraction of sp³-hybridized carbons (Fsp3) is 0.700. The minimum atomic E-state index is -0.0941. The van der Waals surface area contributed by atoms with E-state index in [-0.39, 0.29) is 5.54 Å². The van der Waals surface area contributed by atoms with Crippen molar-refractivity contribution >= 4 is 11.3 Å². The first-order valence-electron chi connectivity index (χ1n) is 4.81. The van der Waals surface area contributed by atoms with Gasteiger partial charge in [-0.1, -0.05) is 13.8 Å². The molecule has 0 atom stereocenters. The average Bonchev–Trinajstić information content (AvgIpc) is 2.49. The maximum atomic E-state index is 6.24. The van der Waals surface area contributed by atoms with E-state index in [4.69, 9.17) is 5.73 Å². The maximum Gasteiger partial charge on any atom is 0.112 e. The Hall–Kier alpha value is -0.410. The van der Waals surface area contributed by atoms with E-state index < -0.39 is 0 Å². The second kappa shape index (κ2) is 3.07. The summed E-state index contributed by atoms with van der Waals surface area (Å²) in [6.07, 6.45) is 4.06. The fourth-order valence-corrected chi connectivity index (χ4v) is 2.77. The Morgan fingerprint density at radius 3 is 2.77 bits per heavy atom. The smallest absolute Gasteiger partial charge is 0.112 e. The highest BCUT2D eigenvalue weighted by molar-refractivity contribution is 7.09. The van der Waals surface area contributed by atoms with Gasteiger partial charge in [0.15, 0.2) is 0 Å². The third kappa shape index (κ3) is 1.51. The Kier molecular flexibility index (Phi) is 2.16. The zero-order valence-corrected chi connectivity index (χ0v) is 8.97. The summed E-state index contributed by atoms with van der Waals surface area (Å²) >= 11 is 1.68. The third-order valence-corrected chi connectivity index (χ3v) is 4.05. The molecule has 1 aliphatic rings. The predicted octanol–water partition coefficient (Wildman–Crippen LogP) is 2.36. The summed E-state index contributed by atoms with van der Waals surface area (Å²) in [5.74, 6) is 1.56. The van der Waals surface area contributed by atoms with E-state index in [2.05, 4.69) is 18.8 Å². The van der Waals surface area contributed by atoms with Crippen LogP contribution >= 0.6 is 11.3 Å². The van der Waals surface area contributed by atoms with Crippen molar-refractivity contribution in [1.29, 1.82) is 0 Å². The molecule has 72 valence electrons. The highest BCUT2D eigenvalue weighted by Gasteiger charge is 2.44. The molecule has 1 aromatic rings. The molecule has 2 nitrogen and oxygen atoms in total. The van der Waals surface area contributed by atoms with Crippen LogP contribution in [0, 0.1) is 11.8 Å². The highest BCUT2D eigenvalue weighted by Crippen LogP contribution is 2.47. The first-order chi connectivity index (χ1) is 6.12. The lowest BCUT2D eigenvalue weighted by atomic mass is 9.65. The molecule has 1 saturated carbocycles. The molecule has 3 heteroatoms. The van der Waals surface area contributed by atoms with E-state index in [1.165, 1.54) is 0 Å². The summed E-state index contributed by atoms with van der Waals surface area (Å²) in [6, 6.07) is 0. The maximum absolute atomic E-state index is 6.24. The number of thiazole rings is 1. The lowest BCUT2D eigenvalue weighted by Gasteiger charge is -2.45. The van der Waals surface area contributed by atoms with Gasteiger partial charge in [-0.3, -0.25) is 0 Å². The molecular weight excluding hydrogens is 180 g/mol. The standard InChI is InChI=1S/C10H16N2S/c1-7(2)8-5-10(11,6-8)9-12-3-4-13-9/h3-4,7-8H,5-6,11H2,1-2H3. The molecule has 1 fully saturated rings. The molecule has 0 unspecified atom stereocenters. The van der Waals surface area contributed by atoms with E-state index in [1.54, 1.807) is 11.3 Å². The summed E-state index contributed by atoms with van der Waals surface area (Å²) in [7, 11) is 0. The van der Waals surface area contributed by atoms with Crippen molar-refractivity contribution < 1.29 is 0 Å². The number of nitrogens with zero attached hydrogens (tertiary/aromatic N) is 1. The SMILES string of the molecule is CC(C)C1CC(N)(c2nccs2)C1. The van der Waals surface area contributed by atoms with Gasteiger partial charge >= 0.3 is 0 Å². The summed E-state index contributed by atoms with van der Waals surface area (Å²) in [6.45, 7) is 4.54. The largest absolute Gasteiger partial charge is 0.319 e. The zero-order chi connectivity index (χ0) is 9.47. The molecule has 13 heavy (non-hydrogen) atoms. The van der Waals surface area contributed by atoms with Gasteiger partial charge in [-0.25, -0.2) is 4.98 Å². The Balaban J connectivity index is 2.04. The van der Waals surface area contributed by atoms with Crippen LogP contribution in [0.25, 0.3) is 0 Å². The van der Waals surface area contributed by atoms with Crippen LogP contribution in [0.1, 0.15) is 31.7 Å². The van der Waals surface area contributed by atoms with Gasteiger partial charge in [-0.2, -0.15) is 0 Å². The number of nitrogens with two attached hydrogens (primary N) is 1. The molecule has 1 heterocycles. The van der Waals surface area contributed by atoms with Crippen LogP contribution in [0.3, 0.4) is 0 Å². The minimum Gasteiger partial charge on any atom is -0.319 e. The van der Waals surface area contributed by atoms with Gasteiger partial charge in [-0.15, -0.1) is 11.3 Å². The topological polar surface area (TPSA) is 38.9 Å². The molecule has 1 aromatic heterocycles. The molecular formula is C10H16N2S. The van der Waals surface area contributed by atoms with Gasteiger partial charge in [0.2, 0.25) is 0 Å². The summed E-state index contributed by atoms with van der Waals surface area (Å²) < 4.78 is 0. The molecule has 0 spiro atoms. The first-order valence-corrected chi connectivity index (χ1v) is 5.68. The van der Waals surface area contributed by atoms with Gasteiger partial charge < -0.3 is 5.73 Å². The average molecular weight is 196 g/mol. The van der Waals surface area contributed by atoms with E-state index >= 15 is 0 Å². The lowest BCUT2D eigenvalue weighted by Crippen LogP contribution is -2.50. The zero-order valence-electron chi connectivity index (χ0n) is 8.16. The van der Waals surface area contributed by atoms with Crippen molar-refractivity contribution in [2.45, 2.75) is 32.2 Å². The Bertz CT molecular complexity index is 273. The van der Waals surface area contributed by atoms with Crippen LogP contribution < -0.4 is 5.73 Å². The van der Waals surface area contributed by atoms with Crippen LogP contribution in [0.5, 0.6) is 0 Å². The molecule has 0 amide bonds. The number of aromatic nitrogens is 1. The minimum absolute atomic E-state index is 0.0941.